The number of carbonyl (C=O) groups excluding carboxylic acids is 1. The third-order valence-corrected chi connectivity index (χ3v) is 2.98. The molecule has 0 saturated heterocycles. The van der Waals surface area contributed by atoms with Gasteiger partial charge in [0.05, 0.1) is 4.47 Å². The highest BCUT2D eigenvalue weighted by Crippen LogP contribution is 2.16. The van der Waals surface area contributed by atoms with Gasteiger partial charge in [-0.3, -0.25) is 4.79 Å². The van der Waals surface area contributed by atoms with Crippen LogP contribution in [0, 0.1) is 11.7 Å². The van der Waals surface area contributed by atoms with Crippen LogP contribution in [0.1, 0.15) is 17.3 Å². The lowest BCUT2D eigenvalue weighted by Gasteiger charge is -2.11. The van der Waals surface area contributed by atoms with Crippen LogP contribution in [0.4, 0.5) is 4.39 Å². The fourth-order valence-corrected chi connectivity index (χ4v) is 1.57. The smallest absolute Gasteiger partial charge is 0.251 e. The van der Waals surface area contributed by atoms with E-state index < -0.39 is 5.82 Å². The van der Waals surface area contributed by atoms with Crippen molar-refractivity contribution >= 4 is 27.7 Å². The second-order valence-electron chi connectivity index (χ2n) is 3.76. The number of hydrogen-bond donors (Lipinski definition) is 3. The number of carbonyl (C=O) groups is 1. The number of nitrogens with zero attached hydrogens (tertiary/aromatic N) is 1. The Hall–Kier alpha value is -1.63. The third kappa shape index (κ3) is 3.69. The molecule has 0 heterocycles. The van der Waals surface area contributed by atoms with E-state index in [0.29, 0.717) is 5.56 Å². The maximum Gasteiger partial charge on any atom is 0.251 e. The van der Waals surface area contributed by atoms with E-state index in [0.717, 1.165) is 0 Å². The van der Waals surface area contributed by atoms with Crippen molar-refractivity contribution in [3.63, 3.8) is 0 Å². The fourth-order valence-electron chi connectivity index (χ4n) is 1.19. The minimum atomic E-state index is -0.434. The fraction of sp³-hybridized carbons (Fsp3) is 0.273. The maximum atomic E-state index is 13.0. The van der Waals surface area contributed by atoms with Crippen LogP contribution in [0.2, 0.25) is 0 Å². The first kappa shape index (κ1) is 14.4. The molecule has 1 atom stereocenters. The van der Waals surface area contributed by atoms with Crippen molar-refractivity contribution in [2.75, 3.05) is 6.54 Å². The molecular formula is C11H13BrFN3O2. The zero-order valence-corrected chi connectivity index (χ0v) is 11.2. The highest BCUT2D eigenvalue weighted by molar-refractivity contribution is 9.10. The molecule has 0 aliphatic rings. The second-order valence-corrected chi connectivity index (χ2v) is 4.62. The summed E-state index contributed by atoms with van der Waals surface area (Å²) in [5, 5.41) is 13.9. The molecule has 4 N–H and O–H groups in total. The first-order valence-electron chi connectivity index (χ1n) is 5.16. The van der Waals surface area contributed by atoms with E-state index in [4.69, 9.17) is 10.9 Å². The van der Waals surface area contributed by atoms with Gasteiger partial charge in [-0.15, -0.1) is 0 Å². The van der Waals surface area contributed by atoms with E-state index in [1.54, 1.807) is 6.92 Å². The molecule has 98 valence electrons. The summed E-state index contributed by atoms with van der Waals surface area (Å²) >= 11 is 3.00. The van der Waals surface area contributed by atoms with Crippen LogP contribution >= 0.6 is 15.9 Å². The summed E-state index contributed by atoms with van der Waals surface area (Å²) in [6, 6.07) is 3.97. The van der Waals surface area contributed by atoms with Gasteiger partial charge in [-0.1, -0.05) is 12.1 Å². The Balaban J connectivity index is 2.63. The van der Waals surface area contributed by atoms with Crippen LogP contribution in [-0.4, -0.2) is 23.5 Å². The van der Waals surface area contributed by atoms with Gasteiger partial charge in [-0.05, 0) is 34.1 Å². The standard InChI is InChI=1S/C11H13BrFN3O2/c1-6(10(14)16-18)5-15-11(17)7-2-3-9(13)8(12)4-7/h2-4,6,18H,5H2,1H3,(H2,14,16)(H,15,17). The zero-order chi connectivity index (χ0) is 13.7. The highest BCUT2D eigenvalue weighted by Gasteiger charge is 2.12. The molecule has 1 aromatic rings. The van der Waals surface area contributed by atoms with Crippen LogP contribution in [0.15, 0.2) is 27.8 Å². The van der Waals surface area contributed by atoms with Crippen LogP contribution < -0.4 is 11.1 Å². The average molecular weight is 318 g/mol. The van der Waals surface area contributed by atoms with E-state index >= 15 is 0 Å². The Labute approximate surface area is 112 Å². The number of nitrogens with one attached hydrogen (secondary N) is 1. The van der Waals surface area contributed by atoms with Crippen LogP contribution in [0.3, 0.4) is 0 Å². The van der Waals surface area contributed by atoms with Crippen molar-refractivity contribution in [1.29, 1.82) is 0 Å². The molecule has 0 fully saturated rings. The molecule has 1 unspecified atom stereocenters. The molecule has 5 nitrogen and oxygen atoms in total. The predicted octanol–water partition coefficient (Wildman–Crippen LogP) is 1.70. The summed E-state index contributed by atoms with van der Waals surface area (Å²) in [6.45, 7) is 1.93. The molecule has 0 radical (unpaired) electrons. The molecule has 0 aromatic heterocycles. The van der Waals surface area contributed by atoms with Gasteiger partial charge in [0.15, 0.2) is 0 Å². The van der Waals surface area contributed by atoms with Gasteiger partial charge >= 0.3 is 0 Å². The Kier molecular flexibility index (Phi) is 5.08. The second kappa shape index (κ2) is 6.34. The highest BCUT2D eigenvalue weighted by atomic mass is 79.9. The number of rotatable bonds is 4. The molecule has 0 aliphatic carbocycles. The molecule has 0 saturated carbocycles. The number of halogens is 2. The van der Waals surface area contributed by atoms with Gasteiger partial charge in [0.2, 0.25) is 0 Å². The van der Waals surface area contributed by atoms with Crippen molar-refractivity contribution < 1.29 is 14.4 Å². The summed E-state index contributed by atoms with van der Waals surface area (Å²) in [4.78, 5) is 11.7. The Morgan fingerprint density at radius 3 is 2.89 bits per heavy atom. The van der Waals surface area contributed by atoms with E-state index in [1.807, 2.05) is 0 Å². The number of nitrogens with two attached hydrogens (primary N) is 1. The van der Waals surface area contributed by atoms with Crippen molar-refractivity contribution in [3.8, 4) is 0 Å². The van der Waals surface area contributed by atoms with Crippen molar-refractivity contribution in [1.82, 2.24) is 5.32 Å². The zero-order valence-electron chi connectivity index (χ0n) is 9.65. The van der Waals surface area contributed by atoms with Crippen LogP contribution in [0.5, 0.6) is 0 Å². The van der Waals surface area contributed by atoms with Gasteiger partial charge in [0, 0.05) is 18.0 Å². The Morgan fingerprint density at radius 1 is 1.67 bits per heavy atom. The van der Waals surface area contributed by atoms with Gasteiger partial charge in [0.1, 0.15) is 11.7 Å². The molecule has 0 bridgehead atoms. The van der Waals surface area contributed by atoms with E-state index in [9.17, 15) is 9.18 Å². The molecule has 18 heavy (non-hydrogen) atoms. The molecule has 0 spiro atoms. The van der Waals surface area contributed by atoms with Gasteiger partial charge in [-0.25, -0.2) is 4.39 Å². The Bertz CT molecular complexity index is 479. The monoisotopic (exact) mass is 317 g/mol. The van der Waals surface area contributed by atoms with Crippen LogP contribution in [-0.2, 0) is 0 Å². The minimum Gasteiger partial charge on any atom is -0.409 e. The van der Waals surface area contributed by atoms with Crippen molar-refractivity contribution in [2.45, 2.75) is 6.92 Å². The lowest BCUT2D eigenvalue weighted by molar-refractivity contribution is 0.0951. The summed E-state index contributed by atoms with van der Waals surface area (Å²) in [5.74, 6) is -1.04. The van der Waals surface area contributed by atoms with E-state index in [2.05, 4.69) is 26.4 Å². The number of amides is 1. The Morgan fingerprint density at radius 2 is 2.33 bits per heavy atom. The number of hydrogen-bond acceptors (Lipinski definition) is 3. The quantitative estimate of drug-likeness (QED) is 0.342. The number of benzene rings is 1. The third-order valence-electron chi connectivity index (χ3n) is 2.37. The molecule has 1 rings (SSSR count). The van der Waals surface area contributed by atoms with E-state index in [-0.39, 0.29) is 28.7 Å². The maximum absolute atomic E-state index is 13.0. The lowest BCUT2D eigenvalue weighted by atomic mass is 10.1. The number of oxime groups is 1. The predicted molar refractivity (Wildman–Crippen MR) is 69.0 cm³/mol. The summed E-state index contributed by atoms with van der Waals surface area (Å²) < 4.78 is 13.2. The topological polar surface area (TPSA) is 87.7 Å². The molecule has 1 amide bonds. The molecular weight excluding hydrogens is 305 g/mol. The lowest BCUT2D eigenvalue weighted by Crippen LogP contribution is -2.34. The van der Waals surface area contributed by atoms with Crippen LogP contribution in [0.25, 0.3) is 0 Å². The van der Waals surface area contributed by atoms with Gasteiger partial charge in [0.25, 0.3) is 5.91 Å². The minimum absolute atomic E-state index is 0.0376. The van der Waals surface area contributed by atoms with Gasteiger partial charge in [-0.2, -0.15) is 0 Å². The van der Waals surface area contributed by atoms with Crippen molar-refractivity contribution in [3.05, 3.63) is 34.1 Å². The SMILES string of the molecule is CC(CNC(=O)c1ccc(F)c(Br)c1)/C(N)=N/O. The average Bonchev–Trinajstić information content (AvgIpc) is 2.37. The molecule has 1 aromatic carbocycles. The summed E-state index contributed by atoms with van der Waals surface area (Å²) in [5.41, 5.74) is 5.71. The largest absolute Gasteiger partial charge is 0.409 e. The number of amidine groups is 1. The molecule has 0 aliphatic heterocycles. The first-order chi connectivity index (χ1) is 8.45. The van der Waals surface area contributed by atoms with E-state index in [1.165, 1.54) is 18.2 Å². The first-order valence-corrected chi connectivity index (χ1v) is 5.95. The normalized spacial score (nSPS) is 13.2. The molecule has 7 heteroatoms. The van der Waals surface area contributed by atoms with Gasteiger partial charge < -0.3 is 16.3 Å². The van der Waals surface area contributed by atoms with Crippen molar-refractivity contribution in [2.24, 2.45) is 16.8 Å². The summed E-state index contributed by atoms with van der Waals surface area (Å²) in [7, 11) is 0. The summed E-state index contributed by atoms with van der Waals surface area (Å²) in [6.07, 6.45) is 0.